The maximum Gasteiger partial charge on any atom is 0.303 e. The number of aliphatic hydroxyl groups excluding tert-OH is 1. The summed E-state index contributed by atoms with van der Waals surface area (Å²) in [5, 5.41) is 21.2. The van der Waals surface area contributed by atoms with E-state index in [4.69, 9.17) is 5.11 Å². The second-order valence-corrected chi connectivity index (χ2v) is 5.08. The first kappa shape index (κ1) is 15.2. The average molecular weight is 265 g/mol. The van der Waals surface area contributed by atoms with Crippen LogP contribution in [0.1, 0.15) is 38.4 Å². The molecular weight excluding hydrogens is 246 g/mol. The fraction of sp³-hybridized carbons (Fsp3) is 0.429. The highest BCUT2D eigenvalue weighted by atomic mass is 16.4. The minimum Gasteiger partial charge on any atom is -0.481 e. The second-order valence-electron chi connectivity index (χ2n) is 5.08. The van der Waals surface area contributed by atoms with E-state index in [9.17, 15) is 14.7 Å². The van der Waals surface area contributed by atoms with Gasteiger partial charge < -0.3 is 15.5 Å². The third kappa shape index (κ3) is 5.09. The normalized spacial score (nSPS) is 12.8. The lowest BCUT2D eigenvalue weighted by molar-refractivity contribution is -0.138. The molecule has 0 radical (unpaired) electrons. The lowest BCUT2D eigenvalue weighted by Gasteiger charge is -2.27. The Morgan fingerprint density at radius 1 is 1.26 bits per heavy atom. The van der Waals surface area contributed by atoms with E-state index in [2.05, 4.69) is 5.32 Å². The number of amides is 1. The largest absolute Gasteiger partial charge is 0.481 e. The highest BCUT2D eigenvalue weighted by Crippen LogP contribution is 2.16. The molecule has 3 N–H and O–H groups in total. The van der Waals surface area contributed by atoms with Crippen LogP contribution < -0.4 is 5.32 Å². The Bertz CT molecular complexity index is 442. The second kappa shape index (κ2) is 6.33. The Hall–Kier alpha value is -1.88. The Labute approximate surface area is 112 Å². The smallest absolute Gasteiger partial charge is 0.303 e. The minimum absolute atomic E-state index is 0.0330. The number of rotatable bonds is 6. The number of carbonyl (C=O) groups excluding carboxylic acids is 1. The molecule has 0 fully saturated rings. The number of carboxylic acids is 1. The van der Waals surface area contributed by atoms with Gasteiger partial charge in [-0.15, -0.1) is 0 Å². The van der Waals surface area contributed by atoms with Crippen LogP contribution in [0.25, 0.3) is 0 Å². The van der Waals surface area contributed by atoms with Gasteiger partial charge in [-0.25, -0.2) is 0 Å². The van der Waals surface area contributed by atoms with E-state index >= 15 is 0 Å². The molecule has 0 aliphatic carbocycles. The average Bonchev–Trinajstić information content (AvgIpc) is 2.36. The zero-order valence-corrected chi connectivity index (χ0v) is 11.1. The molecule has 0 saturated carbocycles. The van der Waals surface area contributed by atoms with Gasteiger partial charge in [0.25, 0.3) is 5.91 Å². The molecule has 1 aromatic carbocycles. The van der Waals surface area contributed by atoms with Crippen LogP contribution in [0.4, 0.5) is 0 Å². The highest BCUT2D eigenvalue weighted by molar-refractivity contribution is 5.82. The summed E-state index contributed by atoms with van der Waals surface area (Å²) >= 11 is 0. The number of benzene rings is 1. The predicted molar refractivity (Wildman–Crippen MR) is 70.5 cm³/mol. The summed E-state index contributed by atoms with van der Waals surface area (Å²) in [5.41, 5.74) is -0.167. The van der Waals surface area contributed by atoms with E-state index in [1.165, 1.54) is 0 Å². The van der Waals surface area contributed by atoms with Crippen molar-refractivity contribution in [3.63, 3.8) is 0 Å². The van der Waals surface area contributed by atoms with E-state index in [-0.39, 0.29) is 6.42 Å². The molecule has 1 rings (SSSR count). The van der Waals surface area contributed by atoms with Crippen LogP contribution in [0, 0.1) is 0 Å². The molecule has 0 heterocycles. The van der Waals surface area contributed by atoms with Crippen LogP contribution in [-0.4, -0.2) is 27.6 Å². The fourth-order valence-electron chi connectivity index (χ4n) is 1.67. The van der Waals surface area contributed by atoms with Crippen molar-refractivity contribution in [2.45, 2.75) is 38.3 Å². The summed E-state index contributed by atoms with van der Waals surface area (Å²) in [5.74, 6) is -1.44. The van der Waals surface area contributed by atoms with E-state index < -0.39 is 23.5 Å². The van der Waals surface area contributed by atoms with Crippen molar-refractivity contribution >= 4 is 11.9 Å². The van der Waals surface area contributed by atoms with Gasteiger partial charge in [-0.05, 0) is 25.8 Å². The Balaban J connectivity index is 2.61. The molecule has 0 bridgehead atoms. The van der Waals surface area contributed by atoms with Gasteiger partial charge in [-0.2, -0.15) is 0 Å². The third-order valence-electron chi connectivity index (χ3n) is 2.79. The zero-order valence-electron chi connectivity index (χ0n) is 11.1. The summed E-state index contributed by atoms with van der Waals surface area (Å²) in [7, 11) is 0. The molecule has 0 aromatic heterocycles. The van der Waals surface area contributed by atoms with Crippen molar-refractivity contribution in [3.05, 3.63) is 35.9 Å². The number of aliphatic carboxylic acids is 1. The number of nitrogens with one attached hydrogen (secondary N) is 1. The zero-order chi connectivity index (χ0) is 14.5. The molecule has 19 heavy (non-hydrogen) atoms. The molecule has 0 aliphatic heterocycles. The monoisotopic (exact) mass is 265 g/mol. The minimum atomic E-state index is -1.25. The molecule has 1 aromatic rings. The Morgan fingerprint density at radius 3 is 2.37 bits per heavy atom. The standard InChI is InChI=1S/C14H19NO4/c1-14(2,9-8-11(16)17)15-13(19)12(18)10-6-4-3-5-7-10/h3-7,12,18H,8-9H2,1-2H3,(H,15,19)(H,16,17)/t12-/m0/s1. The van der Waals surface area contributed by atoms with Gasteiger partial charge in [0.05, 0.1) is 0 Å². The lowest BCUT2D eigenvalue weighted by Crippen LogP contribution is -2.45. The molecule has 1 atom stereocenters. The highest BCUT2D eigenvalue weighted by Gasteiger charge is 2.25. The summed E-state index contributed by atoms with van der Waals surface area (Å²) in [4.78, 5) is 22.4. The quantitative estimate of drug-likeness (QED) is 0.727. The molecule has 104 valence electrons. The number of aliphatic hydroxyl groups is 1. The van der Waals surface area contributed by atoms with Gasteiger partial charge in [0.2, 0.25) is 0 Å². The maximum atomic E-state index is 11.9. The summed E-state index contributed by atoms with van der Waals surface area (Å²) < 4.78 is 0. The molecular formula is C14H19NO4. The number of carbonyl (C=O) groups is 2. The first-order valence-electron chi connectivity index (χ1n) is 6.09. The van der Waals surface area contributed by atoms with Crippen molar-refractivity contribution < 1.29 is 19.8 Å². The summed E-state index contributed by atoms with van der Waals surface area (Å²) in [6.45, 7) is 3.46. The van der Waals surface area contributed by atoms with Crippen LogP contribution >= 0.6 is 0 Å². The van der Waals surface area contributed by atoms with Gasteiger partial charge in [0, 0.05) is 12.0 Å². The van der Waals surface area contributed by atoms with Crippen LogP contribution in [0.2, 0.25) is 0 Å². The van der Waals surface area contributed by atoms with Crippen LogP contribution in [0.5, 0.6) is 0 Å². The van der Waals surface area contributed by atoms with Gasteiger partial charge in [-0.3, -0.25) is 9.59 Å². The van der Waals surface area contributed by atoms with Crippen molar-refractivity contribution in [2.75, 3.05) is 0 Å². The first-order valence-corrected chi connectivity index (χ1v) is 6.09. The fourth-order valence-corrected chi connectivity index (χ4v) is 1.67. The summed E-state index contributed by atoms with van der Waals surface area (Å²) in [6.07, 6.45) is -0.977. The molecule has 1 amide bonds. The van der Waals surface area contributed by atoms with Crippen LogP contribution in [0.15, 0.2) is 30.3 Å². The van der Waals surface area contributed by atoms with Crippen molar-refractivity contribution in [1.82, 2.24) is 5.32 Å². The van der Waals surface area contributed by atoms with E-state index in [0.717, 1.165) is 0 Å². The topological polar surface area (TPSA) is 86.6 Å². The number of hydrogen-bond acceptors (Lipinski definition) is 3. The molecule has 0 saturated heterocycles. The van der Waals surface area contributed by atoms with Gasteiger partial charge in [0.15, 0.2) is 6.10 Å². The molecule has 5 heteroatoms. The number of carboxylic acid groups (broad SMARTS) is 1. The molecule has 0 unspecified atom stereocenters. The van der Waals surface area contributed by atoms with Crippen LogP contribution in [-0.2, 0) is 9.59 Å². The lowest BCUT2D eigenvalue weighted by atomic mass is 9.97. The van der Waals surface area contributed by atoms with E-state index in [1.807, 2.05) is 0 Å². The van der Waals surface area contributed by atoms with E-state index in [0.29, 0.717) is 12.0 Å². The Morgan fingerprint density at radius 2 is 1.84 bits per heavy atom. The van der Waals surface area contributed by atoms with Gasteiger partial charge >= 0.3 is 5.97 Å². The van der Waals surface area contributed by atoms with Gasteiger partial charge in [-0.1, -0.05) is 30.3 Å². The van der Waals surface area contributed by atoms with Crippen molar-refractivity contribution in [2.24, 2.45) is 0 Å². The van der Waals surface area contributed by atoms with Gasteiger partial charge in [0.1, 0.15) is 0 Å². The SMILES string of the molecule is CC(C)(CCC(=O)O)NC(=O)[C@@H](O)c1ccccc1. The van der Waals surface area contributed by atoms with E-state index in [1.54, 1.807) is 44.2 Å². The summed E-state index contributed by atoms with van der Waals surface area (Å²) in [6, 6.07) is 8.59. The van der Waals surface area contributed by atoms with Crippen LogP contribution in [0.3, 0.4) is 0 Å². The molecule has 5 nitrogen and oxygen atoms in total. The predicted octanol–water partition coefficient (Wildman–Crippen LogP) is 1.48. The third-order valence-corrected chi connectivity index (χ3v) is 2.79. The number of hydrogen-bond donors (Lipinski definition) is 3. The van der Waals surface area contributed by atoms with Crippen molar-refractivity contribution in [3.8, 4) is 0 Å². The maximum absolute atomic E-state index is 11.9. The Kier molecular flexibility index (Phi) is 5.06. The van der Waals surface area contributed by atoms with Crippen molar-refractivity contribution in [1.29, 1.82) is 0 Å². The molecule has 0 spiro atoms. The first-order chi connectivity index (χ1) is 8.82. The molecule has 0 aliphatic rings.